The number of halogens is 3. The highest BCUT2D eigenvalue weighted by Crippen LogP contribution is 2.22. The smallest absolute Gasteiger partial charge is 0.256 e. The van der Waals surface area contributed by atoms with Crippen molar-refractivity contribution in [2.24, 2.45) is 0 Å². The Morgan fingerprint density at radius 3 is 2.68 bits per heavy atom. The number of benzene rings is 2. The van der Waals surface area contributed by atoms with Gasteiger partial charge >= 0.3 is 0 Å². The number of aryl methyl sites for hydroxylation is 1. The van der Waals surface area contributed by atoms with Crippen LogP contribution in [-0.2, 0) is 0 Å². The van der Waals surface area contributed by atoms with Crippen LogP contribution < -0.4 is 5.32 Å². The van der Waals surface area contributed by atoms with Crippen LogP contribution in [0.3, 0.4) is 0 Å². The minimum Gasteiger partial charge on any atom is -0.322 e. The van der Waals surface area contributed by atoms with E-state index < -0.39 is 5.82 Å². The van der Waals surface area contributed by atoms with E-state index in [2.05, 4.69) is 43.8 Å². The number of hydrogen-bond acceptors (Lipinski definition) is 1. The van der Waals surface area contributed by atoms with Crippen molar-refractivity contribution in [3.63, 3.8) is 0 Å². The summed E-state index contributed by atoms with van der Waals surface area (Å²) >= 11 is 5.45. The van der Waals surface area contributed by atoms with Gasteiger partial charge in [-0.25, -0.2) is 4.39 Å². The molecule has 2 rings (SSSR count). The molecule has 1 amide bonds. The average Bonchev–Trinajstić information content (AvgIpc) is 2.35. The van der Waals surface area contributed by atoms with Crippen molar-refractivity contribution >= 4 is 50.1 Å². The van der Waals surface area contributed by atoms with E-state index in [1.807, 2.05) is 25.1 Å². The Balaban J connectivity index is 2.28. The molecule has 0 aliphatic rings. The van der Waals surface area contributed by atoms with Gasteiger partial charge in [0.05, 0.1) is 5.56 Å². The van der Waals surface area contributed by atoms with E-state index in [-0.39, 0.29) is 11.5 Å². The van der Waals surface area contributed by atoms with Crippen LogP contribution in [-0.4, -0.2) is 5.91 Å². The lowest BCUT2D eigenvalue weighted by Gasteiger charge is -2.10. The van der Waals surface area contributed by atoms with Crippen molar-refractivity contribution in [2.45, 2.75) is 6.92 Å². The Labute approximate surface area is 132 Å². The van der Waals surface area contributed by atoms with Gasteiger partial charge in [0.1, 0.15) is 5.82 Å². The lowest BCUT2D eigenvalue weighted by atomic mass is 10.1. The Hall–Kier alpha value is -0.950. The van der Waals surface area contributed by atoms with Gasteiger partial charge in [-0.15, -0.1) is 0 Å². The molecule has 0 aliphatic carbocycles. The van der Waals surface area contributed by atoms with Crippen LogP contribution in [0.4, 0.5) is 10.1 Å². The molecule has 2 aromatic carbocycles. The van der Waals surface area contributed by atoms with Crippen LogP contribution in [0.15, 0.2) is 40.9 Å². The van der Waals surface area contributed by atoms with Gasteiger partial charge in [-0.3, -0.25) is 4.79 Å². The summed E-state index contributed by atoms with van der Waals surface area (Å²) in [6.45, 7) is 1.92. The maximum atomic E-state index is 13.2. The third-order valence-corrected chi connectivity index (χ3v) is 3.97. The third-order valence-electron chi connectivity index (χ3n) is 2.61. The molecule has 0 saturated carbocycles. The highest BCUT2D eigenvalue weighted by molar-refractivity contribution is 14.1. The Bertz CT molecular complexity index is 645. The topological polar surface area (TPSA) is 29.1 Å². The van der Waals surface area contributed by atoms with Crippen molar-refractivity contribution < 1.29 is 9.18 Å². The van der Waals surface area contributed by atoms with Crippen molar-refractivity contribution in [3.05, 3.63) is 61.4 Å². The van der Waals surface area contributed by atoms with Crippen LogP contribution in [0.5, 0.6) is 0 Å². The van der Waals surface area contributed by atoms with Gasteiger partial charge in [-0.2, -0.15) is 0 Å². The van der Waals surface area contributed by atoms with E-state index in [0.29, 0.717) is 4.47 Å². The normalized spacial score (nSPS) is 10.3. The molecular formula is C14H10BrFINO. The van der Waals surface area contributed by atoms with Gasteiger partial charge in [-0.1, -0.05) is 0 Å². The van der Waals surface area contributed by atoms with Crippen LogP contribution in [0.25, 0.3) is 0 Å². The molecular weight excluding hydrogens is 424 g/mol. The molecule has 0 atom stereocenters. The second-order valence-corrected chi connectivity index (χ2v) is 6.14. The molecule has 5 heteroatoms. The summed E-state index contributed by atoms with van der Waals surface area (Å²) < 4.78 is 14.8. The van der Waals surface area contributed by atoms with Crippen molar-refractivity contribution in [3.8, 4) is 0 Å². The number of rotatable bonds is 2. The standard InChI is InChI=1S/C14H10BrFINO/c1-8-6-10(17)3-5-13(8)18-14(19)11-7-9(16)2-4-12(11)15/h2-7H,1H3,(H,18,19). The van der Waals surface area contributed by atoms with Gasteiger partial charge in [0.2, 0.25) is 0 Å². The number of hydrogen-bond donors (Lipinski definition) is 1. The summed E-state index contributed by atoms with van der Waals surface area (Å²) in [7, 11) is 0. The van der Waals surface area contributed by atoms with Gasteiger partial charge < -0.3 is 5.32 Å². The van der Waals surface area contributed by atoms with Gasteiger partial charge in [-0.05, 0) is 87.4 Å². The molecule has 0 heterocycles. The predicted octanol–water partition coefficient (Wildman–Crippen LogP) is 4.75. The lowest BCUT2D eigenvalue weighted by Crippen LogP contribution is -2.13. The Morgan fingerprint density at radius 1 is 1.26 bits per heavy atom. The fourth-order valence-corrected chi connectivity index (χ4v) is 2.70. The number of nitrogens with one attached hydrogen (secondary N) is 1. The Kier molecular flexibility index (Phi) is 4.57. The highest BCUT2D eigenvalue weighted by atomic mass is 127. The first-order chi connectivity index (χ1) is 8.97. The number of amides is 1. The molecule has 0 radical (unpaired) electrons. The molecule has 0 unspecified atom stereocenters. The second-order valence-electron chi connectivity index (χ2n) is 4.04. The largest absolute Gasteiger partial charge is 0.322 e. The Morgan fingerprint density at radius 2 is 2.00 bits per heavy atom. The zero-order valence-electron chi connectivity index (χ0n) is 10.0. The van der Waals surface area contributed by atoms with Gasteiger partial charge in [0.25, 0.3) is 5.91 Å². The fraction of sp³-hybridized carbons (Fsp3) is 0.0714. The number of carbonyl (C=O) groups is 1. The van der Waals surface area contributed by atoms with Crippen LogP contribution >= 0.6 is 38.5 Å². The molecule has 0 aromatic heterocycles. The van der Waals surface area contributed by atoms with Crippen molar-refractivity contribution in [1.82, 2.24) is 0 Å². The minimum atomic E-state index is -0.437. The first-order valence-corrected chi connectivity index (χ1v) is 7.37. The van der Waals surface area contributed by atoms with Crippen molar-refractivity contribution in [1.29, 1.82) is 0 Å². The van der Waals surface area contributed by atoms with E-state index in [9.17, 15) is 9.18 Å². The molecule has 19 heavy (non-hydrogen) atoms. The van der Waals surface area contributed by atoms with E-state index >= 15 is 0 Å². The van der Waals surface area contributed by atoms with Crippen LogP contribution in [0.2, 0.25) is 0 Å². The summed E-state index contributed by atoms with van der Waals surface area (Å²) in [5.41, 5.74) is 1.97. The van der Waals surface area contributed by atoms with Gasteiger partial charge in [0, 0.05) is 13.7 Å². The molecule has 2 nitrogen and oxygen atoms in total. The molecule has 1 N–H and O–H groups in total. The third kappa shape index (κ3) is 3.54. The quantitative estimate of drug-likeness (QED) is 0.680. The minimum absolute atomic E-state index is 0.276. The monoisotopic (exact) mass is 433 g/mol. The second kappa shape index (κ2) is 6.00. The average molecular weight is 434 g/mol. The summed E-state index contributed by atoms with van der Waals surface area (Å²) in [6.07, 6.45) is 0. The molecule has 0 bridgehead atoms. The van der Waals surface area contributed by atoms with Crippen molar-refractivity contribution in [2.75, 3.05) is 5.32 Å². The van der Waals surface area contributed by atoms with E-state index in [1.165, 1.54) is 18.2 Å². The zero-order chi connectivity index (χ0) is 14.0. The molecule has 2 aromatic rings. The first kappa shape index (κ1) is 14.5. The van der Waals surface area contributed by atoms with Crippen LogP contribution in [0.1, 0.15) is 15.9 Å². The van der Waals surface area contributed by atoms with Crippen LogP contribution in [0, 0.1) is 16.3 Å². The lowest BCUT2D eigenvalue weighted by molar-refractivity contribution is 0.102. The first-order valence-electron chi connectivity index (χ1n) is 5.50. The summed E-state index contributed by atoms with van der Waals surface area (Å²) in [5, 5.41) is 2.78. The van der Waals surface area contributed by atoms with E-state index in [4.69, 9.17) is 0 Å². The summed E-state index contributed by atoms with van der Waals surface area (Å²) in [4.78, 5) is 12.1. The maximum absolute atomic E-state index is 13.2. The molecule has 0 spiro atoms. The van der Waals surface area contributed by atoms with Gasteiger partial charge in [0.15, 0.2) is 0 Å². The molecule has 0 fully saturated rings. The number of carbonyl (C=O) groups excluding carboxylic acids is 1. The van der Waals surface area contributed by atoms with E-state index in [0.717, 1.165) is 14.8 Å². The summed E-state index contributed by atoms with van der Waals surface area (Å²) in [5.74, 6) is -0.775. The molecule has 0 aliphatic heterocycles. The number of anilines is 1. The SMILES string of the molecule is Cc1cc(I)ccc1NC(=O)c1cc(F)ccc1Br. The molecule has 0 saturated heterocycles. The highest BCUT2D eigenvalue weighted by Gasteiger charge is 2.12. The predicted molar refractivity (Wildman–Crippen MR) is 85.9 cm³/mol. The summed E-state index contributed by atoms with van der Waals surface area (Å²) in [6, 6.07) is 9.74. The molecule has 98 valence electrons. The van der Waals surface area contributed by atoms with E-state index in [1.54, 1.807) is 0 Å². The fourth-order valence-electron chi connectivity index (χ4n) is 1.63. The zero-order valence-corrected chi connectivity index (χ0v) is 13.7. The maximum Gasteiger partial charge on any atom is 0.256 e.